The van der Waals surface area contributed by atoms with Gasteiger partial charge in [0.2, 0.25) is 0 Å². The van der Waals surface area contributed by atoms with Crippen LogP contribution in [0.15, 0.2) is 298 Å². The monoisotopic (exact) mass is 1000 g/mol. The molecule has 0 aliphatic heterocycles. The molecular weight excluding hydrogens is 955 g/mol. The fourth-order valence-electron chi connectivity index (χ4n) is 11.4. The van der Waals surface area contributed by atoms with Crippen LogP contribution in [0.5, 0.6) is 0 Å². The van der Waals surface area contributed by atoms with Gasteiger partial charge in [-0.2, -0.15) is 0 Å². The summed E-state index contributed by atoms with van der Waals surface area (Å²) < 4.78 is 19.6. The van der Waals surface area contributed by atoms with Gasteiger partial charge in [0.1, 0.15) is 27.9 Å². The first kappa shape index (κ1) is 44.9. The van der Waals surface area contributed by atoms with Crippen molar-refractivity contribution >= 4 is 117 Å². The third kappa shape index (κ3) is 7.73. The molecule has 368 valence electrons. The Morgan fingerprint density at radius 3 is 1.15 bits per heavy atom. The Balaban J connectivity index is 0.936. The minimum absolute atomic E-state index is 0.807. The standard InChI is InChI=1S/C72H47N3O3/c1-4-18-51(19-5-1)73(54-39-34-48(35-40-54)50-38-43-70-65(44-50)62-26-12-13-31-67(62)76-70)56-45-57(47-58(46-56)75(53-22-8-3-9-23-53)66-30-17-29-64-61-25-11-15-33-69(61)78-72(64)66)74(52-20-6-2-7-21-52)55-41-36-49(37-42-55)59-27-16-28-63-60-24-10-14-32-68(60)77-71(59)63/h1-47H. The summed E-state index contributed by atoms with van der Waals surface area (Å²) in [6.45, 7) is 0. The molecular formula is C72H47N3O3. The quantitative estimate of drug-likeness (QED) is 0.129. The van der Waals surface area contributed by atoms with E-state index in [4.69, 9.17) is 13.3 Å². The van der Waals surface area contributed by atoms with Gasteiger partial charge in [-0.05, 0) is 132 Å². The summed E-state index contributed by atoms with van der Waals surface area (Å²) in [6, 6.07) is 101. The Morgan fingerprint density at radius 2 is 0.590 bits per heavy atom. The van der Waals surface area contributed by atoms with Crippen LogP contribution in [-0.2, 0) is 0 Å². The Kier molecular flexibility index (Phi) is 10.7. The average molecular weight is 1000 g/mol. The molecule has 0 amide bonds. The molecule has 12 aromatic carbocycles. The van der Waals surface area contributed by atoms with Gasteiger partial charge in [0, 0.05) is 66.3 Å². The molecule has 15 rings (SSSR count). The molecule has 0 saturated heterocycles. The van der Waals surface area contributed by atoms with E-state index in [2.05, 4.69) is 263 Å². The number of rotatable bonds is 11. The second-order valence-electron chi connectivity index (χ2n) is 19.7. The first-order chi connectivity index (χ1) is 38.7. The van der Waals surface area contributed by atoms with Crippen LogP contribution in [-0.4, -0.2) is 0 Å². The third-order valence-corrected chi connectivity index (χ3v) is 15.0. The van der Waals surface area contributed by atoms with Crippen molar-refractivity contribution in [3.05, 3.63) is 285 Å². The predicted octanol–water partition coefficient (Wildman–Crippen LogP) is 21.1. The Hall–Kier alpha value is -10.6. The van der Waals surface area contributed by atoms with Gasteiger partial charge in [-0.3, -0.25) is 0 Å². The second-order valence-corrected chi connectivity index (χ2v) is 19.7. The molecule has 6 heteroatoms. The molecule has 0 unspecified atom stereocenters. The van der Waals surface area contributed by atoms with Crippen LogP contribution >= 0.6 is 0 Å². The lowest BCUT2D eigenvalue weighted by Crippen LogP contribution is -2.16. The summed E-state index contributed by atoms with van der Waals surface area (Å²) in [5.74, 6) is 0. The van der Waals surface area contributed by atoms with Crippen LogP contribution in [0.3, 0.4) is 0 Å². The minimum Gasteiger partial charge on any atom is -0.456 e. The molecule has 6 nitrogen and oxygen atoms in total. The lowest BCUT2D eigenvalue weighted by Gasteiger charge is -2.33. The average Bonchev–Trinajstić information content (AvgIpc) is 4.35. The molecule has 15 aromatic rings. The van der Waals surface area contributed by atoms with Gasteiger partial charge < -0.3 is 28.0 Å². The highest BCUT2D eigenvalue weighted by atomic mass is 16.3. The highest BCUT2D eigenvalue weighted by Crippen LogP contribution is 2.49. The summed E-state index contributed by atoms with van der Waals surface area (Å²) in [4.78, 5) is 7.04. The summed E-state index contributed by atoms with van der Waals surface area (Å²) in [5.41, 5.74) is 18.3. The second kappa shape index (κ2) is 18.7. The Bertz CT molecular complexity index is 4680. The molecule has 0 saturated carbocycles. The van der Waals surface area contributed by atoms with E-state index in [1.54, 1.807) is 0 Å². The van der Waals surface area contributed by atoms with E-state index in [1.807, 2.05) is 36.4 Å². The van der Waals surface area contributed by atoms with Crippen LogP contribution in [0.25, 0.3) is 88.1 Å². The number of benzene rings is 12. The summed E-state index contributed by atoms with van der Waals surface area (Å²) in [5, 5.41) is 6.55. The summed E-state index contributed by atoms with van der Waals surface area (Å²) >= 11 is 0. The van der Waals surface area contributed by atoms with E-state index < -0.39 is 0 Å². The van der Waals surface area contributed by atoms with Crippen LogP contribution in [0.2, 0.25) is 0 Å². The van der Waals surface area contributed by atoms with Crippen LogP contribution < -0.4 is 14.7 Å². The van der Waals surface area contributed by atoms with Gasteiger partial charge in [0.15, 0.2) is 5.58 Å². The van der Waals surface area contributed by atoms with Crippen molar-refractivity contribution in [2.75, 3.05) is 14.7 Å². The van der Waals surface area contributed by atoms with Gasteiger partial charge in [0.25, 0.3) is 0 Å². The van der Waals surface area contributed by atoms with Gasteiger partial charge >= 0.3 is 0 Å². The number of nitrogens with zero attached hydrogens (tertiary/aromatic N) is 3. The van der Waals surface area contributed by atoms with E-state index in [9.17, 15) is 0 Å². The third-order valence-electron chi connectivity index (χ3n) is 15.0. The molecule has 0 aliphatic rings. The fraction of sp³-hybridized carbons (Fsp3) is 0. The highest BCUT2D eigenvalue weighted by molar-refractivity contribution is 6.12. The van der Waals surface area contributed by atoms with E-state index in [0.717, 1.165) is 139 Å². The Labute approximate surface area is 450 Å². The first-order valence-electron chi connectivity index (χ1n) is 26.3. The van der Waals surface area contributed by atoms with Crippen molar-refractivity contribution in [3.63, 3.8) is 0 Å². The van der Waals surface area contributed by atoms with Gasteiger partial charge in [-0.25, -0.2) is 0 Å². The van der Waals surface area contributed by atoms with Gasteiger partial charge in [-0.1, -0.05) is 170 Å². The van der Waals surface area contributed by atoms with Gasteiger partial charge in [0.05, 0.1) is 22.7 Å². The molecule has 0 N–H and O–H groups in total. The number of fused-ring (bicyclic) bond motifs is 9. The number of para-hydroxylation sites is 8. The molecule has 3 aromatic heterocycles. The summed E-state index contributed by atoms with van der Waals surface area (Å²) in [6.07, 6.45) is 0. The molecule has 0 spiro atoms. The molecule has 0 bridgehead atoms. The largest absolute Gasteiger partial charge is 0.456 e. The van der Waals surface area contributed by atoms with E-state index in [0.29, 0.717) is 0 Å². The normalized spacial score (nSPS) is 11.6. The molecule has 3 heterocycles. The zero-order valence-corrected chi connectivity index (χ0v) is 42.2. The van der Waals surface area contributed by atoms with Crippen LogP contribution in [0.1, 0.15) is 0 Å². The highest BCUT2D eigenvalue weighted by Gasteiger charge is 2.25. The Morgan fingerprint density at radius 1 is 0.205 bits per heavy atom. The smallest absolute Gasteiger partial charge is 0.159 e. The van der Waals surface area contributed by atoms with Crippen molar-refractivity contribution in [1.82, 2.24) is 0 Å². The molecule has 0 fully saturated rings. The number of anilines is 9. The SMILES string of the molecule is c1ccc(N(c2ccc(-c3ccc4oc5ccccc5c4c3)cc2)c2cc(N(c3ccccc3)c3ccc(-c4cccc5c4oc4ccccc45)cc3)cc(N(c3ccccc3)c3cccc4c3oc3ccccc34)c2)cc1. The maximum Gasteiger partial charge on any atom is 0.159 e. The van der Waals surface area contributed by atoms with Crippen LogP contribution in [0, 0.1) is 0 Å². The lowest BCUT2D eigenvalue weighted by molar-refractivity contribution is 0.668. The van der Waals surface area contributed by atoms with E-state index >= 15 is 0 Å². The maximum atomic E-state index is 6.85. The summed E-state index contributed by atoms with van der Waals surface area (Å²) in [7, 11) is 0. The van der Waals surface area contributed by atoms with Crippen LogP contribution in [0.4, 0.5) is 51.2 Å². The lowest BCUT2D eigenvalue weighted by atomic mass is 10.0. The minimum atomic E-state index is 0.807. The van der Waals surface area contributed by atoms with Gasteiger partial charge in [-0.15, -0.1) is 0 Å². The molecule has 78 heavy (non-hydrogen) atoms. The van der Waals surface area contributed by atoms with Crippen molar-refractivity contribution in [2.45, 2.75) is 0 Å². The molecule has 0 atom stereocenters. The topological polar surface area (TPSA) is 49.1 Å². The molecule has 0 radical (unpaired) electrons. The first-order valence-corrected chi connectivity index (χ1v) is 26.3. The van der Waals surface area contributed by atoms with Crippen molar-refractivity contribution in [1.29, 1.82) is 0 Å². The predicted molar refractivity (Wildman–Crippen MR) is 323 cm³/mol. The zero-order valence-electron chi connectivity index (χ0n) is 42.2. The fourth-order valence-corrected chi connectivity index (χ4v) is 11.4. The molecule has 0 aliphatic carbocycles. The van der Waals surface area contributed by atoms with Crippen molar-refractivity contribution in [2.24, 2.45) is 0 Å². The van der Waals surface area contributed by atoms with Crippen molar-refractivity contribution in [3.8, 4) is 22.3 Å². The van der Waals surface area contributed by atoms with Crippen molar-refractivity contribution < 1.29 is 13.3 Å². The van der Waals surface area contributed by atoms with E-state index in [1.165, 1.54) is 0 Å². The van der Waals surface area contributed by atoms with E-state index in [-0.39, 0.29) is 0 Å². The maximum absolute atomic E-state index is 6.85. The number of hydrogen-bond acceptors (Lipinski definition) is 6. The number of furan rings is 3. The number of hydrogen-bond donors (Lipinski definition) is 0. The zero-order chi connectivity index (χ0) is 51.5.